The van der Waals surface area contributed by atoms with Crippen molar-refractivity contribution in [3.8, 4) is 0 Å². The van der Waals surface area contributed by atoms with Crippen LogP contribution in [0.5, 0.6) is 0 Å². The average Bonchev–Trinajstić information content (AvgIpc) is 3.13. The number of anilines is 3. The summed E-state index contributed by atoms with van der Waals surface area (Å²) in [7, 11) is 0. The quantitative estimate of drug-likeness (QED) is 0.527. The van der Waals surface area contributed by atoms with Crippen LogP contribution in [0.4, 0.5) is 17.1 Å². The second-order valence-corrected chi connectivity index (χ2v) is 8.92. The van der Waals surface area contributed by atoms with E-state index in [1.54, 1.807) is 11.9 Å². The first kappa shape index (κ1) is 17.7. The van der Waals surface area contributed by atoms with Gasteiger partial charge in [-0.15, -0.1) is 0 Å². The summed E-state index contributed by atoms with van der Waals surface area (Å²) in [5.74, 6) is 0. The number of benzene rings is 2. The van der Waals surface area contributed by atoms with Gasteiger partial charge in [0.2, 0.25) is 0 Å². The highest BCUT2D eigenvalue weighted by Gasteiger charge is 2.10. The summed E-state index contributed by atoms with van der Waals surface area (Å²) in [6.45, 7) is 9.47. The minimum Gasteiger partial charge on any atom is -0.381 e. The smallest absolute Gasteiger partial charge is 0.0440 e. The molecule has 1 aliphatic heterocycles. The normalized spacial score (nSPS) is 14.0. The predicted octanol–water partition coefficient (Wildman–Crippen LogP) is 5.53. The molecule has 4 heteroatoms. The molecule has 2 N–H and O–H groups in total. The molecule has 2 aromatic carbocycles. The monoisotopic (exact) mass is 353 g/mol. The van der Waals surface area contributed by atoms with Crippen LogP contribution in [0, 0.1) is 0 Å². The largest absolute Gasteiger partial charge is 0.381 e. The molecule has 2 aromatic rings. The fourth-order valence-corrected chi connectivity index (χ4v) is 3.15. The Morgan fingerprint density at radius 3 is 2.08 bits per heavy atom. The summed E-state index contributed by atoms with van der Waals surface area (Å²) in [5.41, 5.74) is 4.86. The maximum absolute atomic E-state index is 3.49. The Morgan fingerprint density at radius 1 is 0.880 bits per heavy atom. The van der Waals surface area contributed by atoms with Gasteiger partial charge in [-0.05, 0) is 74.7 Å². The van der Waals surface area contributed by atoms with Crippen LogP contribution in [0.15, 0.2) is 60.7 Å². The van der Waals surface area contributed by atoms with E-state index in [-0.39, 0.29) is 4.75 Å². The average molecular weight is 354 g/mol. The molecule has 0 aliphatic carbocycles. The zero-order chi connectivity index (χ0) is 17.7. The third-order valence-corrected chi connectivity index (χ3v) is 4.93. The molecule has 0 radical (unpaired) electrons. The van der Waals surface area contributed by atoms with Crippen LogP contribution in [0.25, 0.3) is 0 Å². The summed E-state index contributed by atoms with van der Waals surface area (Å²) in [6, 6.07) is 17.3. The standard InChI is InChI=1S/C21H27N3S/c1-21(2,3)25-23-19-8-6-17(7-9-19)16-22-18-10-12-20(13-11-18)24-14-4-5-15-24/h4-13,22-23H,14-16H2,1-3H3. The molecule has 0 atom stereocenters. The van der Waals surface area contributed by atoms with Crippen molar-refractivity contribution in [2.45, 2.75) is 32.1 Å². The fraction of sp³-hybridized carbons (Fsp3) is 0.333. The first-order valence-corrected chi connectivity index (χ1v) is 9.58. The maximum Gasteiger partial charge on any atom is 0.0440 e. The number of hydrogen-bond acceptors (Lipinski definition) is 4. The van der Waals surface area contributed by atoms with Crippen LogP contribution in [0.3, 0.4) is 0 Å². The highest BCUT2D eigenvalue weighted by Crippen LogP contribution is 2.25. The fourth-order valence-electron chi connectivity index (χ4n) is 2.59. The molecule has 25 heavy (non-hydrogen) atoms. The molecule has 132 valence electrons. The first-order chi connectivity index (χ1) is 12.0. The Labute approximate surface area is 155 Å². The SMILES string of the molecule is CC(C)(C)SNc1ccc(CNc2ccc(N3CC=CC3)cc2)cc1. The van der Waals surface area contributed by atoms with Gasteiger partial charge in [-0.1, -0.05) is 24.3 Å². The van der Waals surface area contributed by atoms with E-state index in [1.807, 2.05) is 0 Å². The Morgan fingerprint density at radius 2 is 1.48 bits per heavy atom. The molecule has 3 rings (SSSR count). The number of hydrogen-bond donors (Lipinski definition) is 2. The summed E-state index contributed by atoms with van der Waals surface area (Å²) in [6.07, 6.45) is 4.43. The van der Waals surface area contributed by atoms with Gasteiger partial charge in [-0.2, -0.15) is 0 Å². The molecule has 0 bridgehead atoms. The van der Waals surface area contributed by atoms with Crippen LogP contribution in [-0.4, -0.2) is 17.8 Å². The number of nitrogens with zero attached hydrogens (tertiary/aromatic N) is 1. The summed E-state index contributed by atoms with van der Waals surface area (Å²) in [4.78, 5) is 2.35. The summed E-state index contributed by atoms with van der Waals surface area (Å²) < 4.78 is 3.61. The van der Waals surface area contributed by atoms with Gasteiger partial charge < -0.3 is 14.9 Å². The molecule has 0 saturated heterocycles. The van der Waals surface area contributed by atoms with E-state index in [0.717, 1.165) is 31.0 Å². The van der Waals surface area contributed by atoms with Crippen molar-refractivity contribution in [3.63, 3.8) is 0 Å². The van der Waals surface area contributed by atoms with E-state index in [2.05, 4.69) is 96.4 Å². The van der Waals surface area contributed by atoms with E-state index in [0.29, 0.717) is 0 Å². The van der Waals surface area contributed by atoms with Gasteiger partial charge in [0.1, 0.15) is 0 Å². The topological polar surface area (TPSA) is 27.3 Å². The van der Waals surface area contributed by atoms with Crippen LogP contribution in [-0.2, 0) is 6.54 Å². The predicted molar refractivity (Wildman–Crippen MR) is 113 cm³/mol. The molecule has 0 saturated carbocycles. The Kier molecular flexibility index (Phi) is 5.59. The second-order valence-electron chi connectivity index (χ2n) is 7.29. The van der Waals surface area contributed by atoms with E-state index in [4.69, 9.17) is 0 Å². The molecule has 0 unspecified atom stereocenters. The van der Waals surface area contributed by atoms with Crippen LogP contribution < -0.4 is 14.9 Å². The lowest BCUT2D eigenvalue weighted by molar-refractivity contribution is 0.806. The van der Waals surface area contributed by atoms with E-state index in [9.17, 15) is 0 Å². The Balaban J connectivity index is 1.49. The first-order valence-electron chi connectivity index (χ1n) is 8.76. The van der Waals surface area contributed by atoms with Gasteiger partial charge >= 0.3 is 0 Å². The molecule has 0 spiro atoms. The van der Waals surface area contributed by atoms with Gasteiger partial charge in [-0.3, -0.25) is 0 Å². The van der Waals surface area contributed by atoms with Crippen molar-refractivity contribution in [2.24, 2.45) is 0 Å². The molecule has 3 nitrogen and oxygen atoms in total. The van der Waals surface area contributed by atoms with Crippen molar-refractivity contribution in [2.75, 3.05) is 28.0 Å². The molecule has 1 aliphatic rings. The summed E-state index contributed by atoms with van der Waals surface area (Å²) in [5, 5.41) is 3.49. The molecule has 0 amide bonds. The molecule has 0 fully saturated rings. The lowest BCUT2D eigenvalue weighted by Crippen LogP contribution is -2.18. The van der Waals surface area contributed by atoms with Crippen molar-refractivity contribution in [3.05, 3.63) is 66.2 Å². The highest BCUT2D eigenvalue weighted by atomic mass is 32.2. The number of nitrogens with one attached hydrogen (secondary N) is 2. The van der Waals surface area contributed by atoms with Crippen molar-refractivity contribution in [1.29, 1.82) is 0 Å². The van der Waals surface area contributed by atoms with Gasteiger partial charge in [0.15, 0.2) is 0 Å². The van der Waals surface area contributed by atoms with Gasteiger partial charge in [0, 0.05) is 41.4 Å². The van der Waals surface area contributed by atoms with E-state index >= 15 is 0 Å². The lowest BCUT2D eigenvalue weighted by Gasteiger charge is -2.18. The van der Waals surface area contributed by atoms with Gasteiger partial charge in [0.25, 0.3) is 0 Å². The van der Waals surface area contributed by atoms with E-state index in [1.165, 1.54) is 11.3 Å². The van der Waals surface area contributed by atoms with Gasteiger partial charge in [-0.25, -0.2) is 0 Å². The van der Waals surface area contributed by atoms with Crippen molar-refractivity contribution in [1.82, 2.24) is 0 Å². The molecule has 0 aromatic heterocycles. The maximum atomic E-state index is 3.49. The minimum atomic E-state index is 0.206. The van der Waals surface area contributed by atoms with Crippen LogP contribution in [0.2, 0.25) is 0 Å². The summed E-state index contributed by atoms with van der Waals surface area (Å²) >= 11 is 1.74. The minimum absolute atomic E-state index is 0.206. The Hall–Kier alpha value is -2.07. The zero-order valence-electron chi connectivity index (χ0n) is 15.3. The van der Waals surface area contributed by atoms with Gasteiger partial charge in [0.05, 0.1) is 0 Å². The molecular weight excluding hydrogens is 326 g/mol. The van der Waals surface area contributed by atoms with Crippen LogP contribution >= 0.6 is 11.9 Å². The highest BCUT2D eigenvalue weighted by molar-refractivity contribution is 8.01. The lowest BCUT2D eigenvalue weighted by atomic mass is 10.2. The number of rotatable bonds is 6. The van der Waals surface area contributed by atoms with Crippen molar-refractivity contribution < 1.29 is 0 Å². The third kappa shape index (κ3) is 5.46. The second kappa shape index (κ2) is 7.87. The third-order valence-electron chi connectivity index (χ3n) is 3.98. The Bertz CT molecular complexity index is 691. The molecular formula is C21H27N3S. The molecule has 1 heterocycles. The van der Waals surface area contributed by atoms with Crippen LogP contribution in [0.1, 0.15) is 26.3 Å². The van der Waals surface area contributed by atoms with E-state index < -0.39 is 0 Å². The zero-order valence-corrected chi connectivity index (χ0v) is 16.1. The van der Waals surface area contributed by atoms with Crippen molar-refractivity contribution >= 4 is 29.0 Å².